The minimum atomic E-state index is -4.59. The van der Waals surface area contributed by atoms with Crippen LogP contribution in [-0.4, -0.2) is 64.4 Å². The summed E-state index contributed by atoms with van der Waals surface area (Å²) in [5, 5.41) is 0. The monoisotopic (exact) mass is 465 g/mol. The molecule has 3 atom stereocenters. The van der Waals surface area contributed by atoms with Gasteiger partial charge in [-0.15, -0.1) is 0 Å². The van der Waals surface area contributed by atoms with Crippen molar-refractivity contribution in [3.8, 4) is 0 Å². The van der Waals surface area contributed by atoms with E-state index in [2.05, 4.69) is 9.97 Å². The van der Waals surface area contributed by atoms with Crippen LogP contribution in [0, 0.1) is 0 Å². The average molecular weight is 465 g/mol. The molecule has 8 nitrogen and oxygen atoms in total. The predicted molar refractivity (Wildman–Crippen MR) is 116 cm³/mol. The topological polar surface area (TPSA) is 80.6 Å². The van der Waals surface area contributed by atoms with Crippen LogP contribution in [0.25, 0.3) is 0 Å². The molecule has 4 rings (SSSR count). The van der Waals surface area contributed by atoms with E-state index in [9.17, 15) is 22.8 Å². The molecule has 0 amide bonds. The molecule has 178 valence electrons. The normalized spacial score (nSPS) is 23.4. The van der Waals surface area contributed by atoms with Crippen molar-refractivity contribution in [3.63, 3.8) is 0 Å². The van der Waals surface area contributed by atoms with Crippen molar-refractivity contribution in [2.45, 2.75) is 57.7 Å². The van der Waals surface area contributed by atoms with Crippen LogP contribution in [-0.2, 0) is 11.3 Å². The Labute approximate surface area is 189 Å². The Bertz CT molecular complexity index is 1060. The van der Waals surface area contributed by atoms with Crippen molar-refractivity contribution in [2.24, 2.45) is 0 Å². The average Bonchev–Trinajstić information content (AvgIpc) is 2.78. The molecule has 2 aliphatic heterocycles. The number of carbonyl (C=O) groups is 1. The first-order chi connectivity index (χ1) is 15.7. The highest BCUT2D eigenvalue weighted by atomic mass is 19.4. The molecule has 0 radical (unpaired) electrons. The fourth-order valence-electron chi connectivity index (χ4n) is 4.37. The summed E-state index contributed by atoms with van der Waals surface area (Å²) in [7, 11) is 0. The second kappa shape index (κ2) is 9.12. The number of halogens is 3. The van der Waals surface area contributed by atoms with Crippen molar-refractivity contribution in [3.05, 3.63) is 46.5 Å². The second-order valence-corrected chi connectivity index (χ2v) is 8.43. The number of hydrogen-bond acceptors (Lipinski definition) is 7. The van der Waals surface area contributed by atoms with Crippen LogP contribution in [0.1, 0.15) is 37.0 Å². The van der Waals surface area contributed by atoms with Gasteiger partial charge in [-0.2, -0.15) is 18.2 Å². The minimum Gasteiger partial charge on any atom is -0.372 e. The van der Waals surface area contributed by atoms with E-state index in [1.807, 2.05) is 18.7 Å². The molecular weight excluding hydrogens is 439 g/mol. The fraction of sp³-hybridized carbons (Fsp3) is 0.545. The Morgan fingerprint density at radius 1 is 1.30 bits per heavy atom. The maximum absolute atomic E-state index is 13.9. The third-order valence-electron chi connectivity index (χ3n) is 6.01. The van der Waals surface area contributed by atoms with Crippen LogP contribution < -0.4 is 15.4 Å². The largest absolute Gasteiger partial charge is 0.408 e. The van der Waals surface area contributed by atoms with Gasteiger partial charge in [0.1, 0.15) is 11.9 Å². The van der Waals surface area contributed by atoms with Crippen LogP contribution >= 0.6 is 0 Å². The van der Waals surface area contributed by atoms with Gasteiger partial charge in [-0.3, -0.25) is 19.1 Å². The molecule has 2 unspecified atom stereocenters. The van der Waals surface area contributed by atoms with E-state index in [0.29, 0.717) is 18.9 Å². The van der Waals surface area contributed by atoms with E-state index in [4.69, 9.17) is 4.74 Å². The predicted octanol–water partition coefficient (Wildman–Crippen LogP) is 2.67. The van der Waals surface area contributed by atoms with Gasteiger partial charge in [-0.05, 0) is 31.9 Å². The second-order valence-electron chi connectivity index (χ2n) is 8.43. The van der Waals surface area contributed by atoms with E-state index in [0.717, 1.165) is 11.3 Å². The Hall–Kier alpha value is -2.95. The van der Waals surface area contributed by atoms with Crippen LogP contribution in [0.5, 0.6) is 0 Å². The molecule has 0 N–H and O–H groups in total. The lowest BCUT2D eigenvalue weighted by atomic mass is 10.1. The highest BCUT2D eigenvalue weighted by Crippen LogP contribution is 2.34. The molecule has 2 aromatic rings. The van der Waals surface area contributed by atoms with Gasteiger partial charge in [0.25, 0.3) is 5.56 Å². The number of rotatable bonds is 5. The van der Waals surface area contributed by atoms with Crippen LogP contribution in [0.3, 0.4) is 0 Å². The number of anilines is 2. The number of carbonyl (C=O) groups excluding carboxylic acids is 1. The van der Waals surface area contributed by atoms with E-state index in [1.54, 1.807) is 6.07 Å². The first-order valence-electron chi connectivity index (χ1n) is 11.0. The summed E-state index contributed by atoms with van der Waals surface area (Å²) >= 11 is 0. The zero-order valence-electron chi connectivity index (χ0n) is 18.5. The lowest BCUT2D eigenvalue weighted by Crippen LogP contribution is -2.54. The van der Waals surface area contributed by atoms with Gasteiger partial charge in [-0.1, -0.05) is 6.92 Å². The van der Waals surface area contributed by atoms with Crippen LogP contribution in [0.15, 0.2) is 35.4 Å². The number of ketones is 1. The van der Waals surface area contributed by atoms with Crippen molar-refractivity contribution in [1.82, 2.24) is 14.5 Å². The molecule has 0 aliphatic carbocycles. The molecule has 0 saturated carbocycles. The number of hydrogen-bond donors (Lipinski definition) is 0. The van der Waals surface area contributed by atoms with E-state index >= 15 is 0 Å². The Balaban J connectivity index is 1.74. The fourth-order valence-corrected chi connectivity index (χ4v) is 4.37. The van der Waals surface area contributed by atoms with Gasteiger partial charge in [0.05, 0.1) is 18.8 Å². The summed E-state index contributed by atoms with van der Waals surface area (Å²) < 4.78 is 48.9. The quantitative estimate of drug-likeness (QED) is 0.628. The number of pyridine rings is 1. The van der Waals surface area contributed by atoms with Crippen LogP contribution in [0.2, 0.25) is 0 Å². The molecule has 11 heteroatoms. The van der Waals surface area contributed by atoms with Crippen molar-refractivity contribution >= 4 is 17.5 Å². The number of aromatic nitrogens is 3. The number of fused-ring (bicyclic) bond motifs is 1. The summed E-state index contributed by atoms with van der Waals surface area (Å²) in [4.78, 5) is 36.8. The van der Waals surface area contributed by atoms with Crippen molar-refractivity contribution < 1.29 is 22.7 Å². The third-order valence-corrected chi connectivity index (χ3v) is 6.01. The summed E-state index contributed by atoms with van der Waals surface area (Å²) in [6, 6.07) is 2.47. The first-order valence-corrected chi connectivity index (χ1v) is 11.0. The van der Waals surface area contributed by atoms with Gasteiger partial charge < -0.3 is 14.5 Å². The van der Waals surface area contributed by atoms with E-state index in [-0.39, 0.29) is 36.7 Å². The molecule has 4 heterocycles. The van der Waals surface area contributed by atoms with Gasteiger partial charge in [0.15, 0.2) is 5.78 Å². The maximum atomic E-state index is 13.9. The molecule has 0 aromatic carbocycles. The number of morpholine rings is 1. The summed E-state index contributed by atoms with van der Waals surface area (Å²) in [6.45, 7) is 4.13. The number of alkyl halides is 3. The molecule has 33 heavy (non-hydrogen) atoms. The van der Waals surface area contributed by atoms with Crippen molar-refractivity contribution in [2.75, 3.05) is 29.4 Å². The number of ether oxygens (including phenoxy) is 1. The molecular formula is C22H26F3N5O3. The lowest BCUT2D eigenvalue weighted by Gasteiger charge is -2.40. The Kier molecular flexibility index (Phi) is 6.42. The molecule has 2 aliphatic rings. The maximum Gasteiger partial charge on any atom is 0.408 e. The summed E-state index contributed by atoms with van der Waals surface area (Å²) in [5.41, 5.74) is -0.247. The smallest absolute Gasteiger partial charge is 0.372 e. The number of Topliss-reactive ketones (excluding diaryl/α,β-unsaturated/α-hetero) is 1. The molecule has 0 bridgehead atoms. The highest BCUT2D eigenvalue weighted by Gasteiger charge is 2.47. The number of nitrogens with zero attached hydrogens (tertiary/aromatic N) is 5. The zero-order valence-corrected chi connectivity index (χ0v) is 18.5. The first kappa shape index (κ1) is 23.2. The Morgan fingerprint density at radius 2 is 2.09 bits per heavy atom. The van der Waals surface area contributed by atoms with E-state index < -0.39 is 30.1 Å². The van der Waals surface area contributed by atoms with Gasteiger partial charge in [-0.25, -0.2) is 0 Å². The SMILES string of the molecule is CCC1CN(c2cc(=O)n3c(n2)N(CC(=O)c2cccnc2)[C@H](C(F)(F)F)CC3)CC(C)O1. The van der Waals surface area contributed by atoms with E-state index in [1.165, 1.54) is 29.1 Å². The minimum absolute atomic E-state index is 0.0690. The summed E-state index contributed by atoms with van der Waals surface area (Å²) in [6.07, 6.45) is -1.57. The molecule has 1 fully saturated rings. The molecule has 2 aromatic heterocycles. The third kappa shape index (κ3) is 4.87. The Morgan fingerprint density at radius 3 is 2.76 bits per heavy atom. The van der Waals surface area contributed by atoms with Crippen molar-refractivity contribution in [1.29, 1.82) is 0 Å². The lowest BCUT2D eigenvalue weighted by molar-refractivity contribution is -0.152. The molecule has 1 saturated heterocycles. The van der Waals surface area contributed by atoms with Crippen LogP contribution in [0.4, 0.5) is 24.9 Å². The standard InChI is InChI=1S/C22H26F3N5O3/c1-3-16-12-28(11-14(2)33-16)19-9-20(32)29-8-6-18(22(23,24)25)30(21(29)27-19)13-17(31)15-5-4-7-26-10-15/h4-5,7,9-10,14,16,18H,3,6,8,11-13H2,1-2H3/t14?,16?,18-/m0/s1. The van der Waals surface area contributed by atoms with Gasteiger partial charge in [0, 0.05) is 43.7 Å². The zero-order chi connectivity index (χ0) is 23.8. The summed E-state index contributed by atoms with van der Waals surface area (Å²) in [5.74, 6) is -0.381. The molecule has 0 spiro atoms. The highest BCUT2D eigenvalue weighted by molar-refractivity contribution is 5.98. The van der Waals surface area contributed by atoms with Gasteiger partial charge >= 0.3 is 6.18 Å². The van der Waals surface area contributed by atoms with Gasteiger partial charge in [0.2, 0.25) is 5.95 Å².